The molecule has 2 heterocycles. The van der Waals surface area contributed by atoms with E-state index < -0.39 is 0 Å². The van der Waals surface area contributed by atoms with Gasteiger partial charge in [0.25, 0.3) is 0 Å². The van der Waals surface area contributed by atoms with Crippen molar-refractivity contribution < 1.29 is 9.90 Å². The standard InChI is InChI=1S/C15H17N3O2/c16-9-11-1-3-12(4-2-11)18-8-6-14(15(18)20)17-7-5-13(19)10-17/h1-4,13-14,19H,5-8,10H2/t13-,14?/m0/s1. The van der Waals surface area contributed by atoms with Crippen LogP contribution in [0.1, 0.15) is 18.4 Å². The van der Waals surface area contributed by atoms with Gasteiger partial charge in [0.05, 0.1) is 23.8 Å². The number of β-amino-alcohol motifs (C(OH)–C–C–N with tert-alkyl or cyclic N) is 1. The summed E-state index contributed by atoms with van der Waals surface area (Å²) >= 11 is 0. The zero-order chi connectivity index (χ0) is 14.1. The van der Waals surface area contributed by atoms with Gasteiger partial charge in [-0.25, -0.2) is 0 Å². The van der Waals surface area contributed by atoms with Crippen molar-refractivity contribution in [3.05, 3.63) is 29.8 Å². The van der Waals surface area contributed by atoms with Crippen molar-refractivity contribution in [1.82, 2.24) is 4.90 Å². The molecule has 0 saturated carbocycles. The predicted molar refractivity (Wildman–Crippen MR) is 74.1 cm³/mol. The van der Waals surface area contributed by atoms with Crippen LogP contribution < -0.4 is 4.90 Å². The van der Waals surface area contributed by atoms with Crippen molar-refractivity contribution in [2.75, 3.05) is 24.5 Å². The van der Waals surface area contributed by atoms with Crippen LogP contribution in [-0.2, 0) is 4.79 Å². The van der Waals surface area contributed by atoms with Gasteiger partial charge in [-0.05, 0) is 37.1 Å². The number of aliphatic hydroxyl groups is 1. The molecular formula is C15H17N3O2. The highest BCUT2D eigenvalue weighted by atomic mass is 16.3. The van der Waals surface area contributed by atoms with Gasteiger partial charge in [-0.3, -0.25) is 9.69 Å². The van der Waals surface area contributed by atoms with Crippen molar-refractivity contribution >= 4 is 11.6 Å². The minimum absolute atomic E-state index is 0.101. The Morgan fingerprint density at radius 3 is 2.55 bits per heavy atom. The zero-order valence-electron chi connectivity index (χ0n) is 11.2. The van der Waals surface area contributed by atoms with Gasteiger partial charge in [0.15, 0.2) is 0 Å². The Morgan fingerprint density at radius 2 is 1.95 bits per heavy atom. The van der Waals surface area contributed by atoms with E-state index in [-0.39, 0.29) is 18.1 Å². The number of hydrogen-bond acceptors (Lipinski definition) is 4. The molecule has 0 aromatic heterocycles. The van der Waals surface area contributed by atoms with Crippen LogP contribution in [0.15, 0.2) is 24.3 Å². The molecule has 2 atom stereocenters. The zero-order valence-corrected chi connectivity index (χ0v) is 11.2. The second kappa shape index (κ2) is 5.23. The average Bonchev–Trinajstić information content (AvgIpc) is 3.05. The molecule has 1 aromatic carbocycles. The first-order valence-electron chi connectivity index (χ1n) is 6.92. The smallest absolute Gasteiger partial charge is 0.244 e. The van der Waals surface area contributed by atoms with E-state index in [1.54, 1.807) is 17.0 Å². The van der Waals surface area contributed by atoms with E-state index in [1.807, 2.05) is 12.1 Å². The van der Waals surface area contributed by atoms with Crippen LogP contribution in [0.5, 0.6) is 0 Å². The first-order valence-corrected chi connectivity index (χ1v) is 6.92. The molecule has 2 aliphatic rings. The van der Waals surface area contributed by atoms with Crippen LogP contribution in [-0.4, -0.2) is 47.7 Å². The summed E-state index contributed by atoms with van der Waals surface area (Å²) in [6.45, 7) is 2.08. The number of nitrogens with zero attached hydrogens (tertiary/aromatic N) is 3. The average molecular weight is 271 g/mol. The molecule has 1 N–H and O–H groups in total. The second-order valence-corrected chi connectivity index (χ2v) is 5.39. The summed E-state index contributed by atoms with van der Waals surface area (Å²) in [6.07, 6.45) is 1.25. The van der Waals surface area contributed by atoms with Crippen LogP contribution >= 0.6 is 0 Å². The molecule has 2 aliphatic heterocycles. The van der Waals surface area contributed by atoms with Gasteiger partial charge in [-0.2, -0.15) is 5.26 Å². The highest BCUT2D eigenvalue weighted by Crippen LogP contribution is 2.26. The third-order valence-electron chi connectivity index (χ3n) is 4.12. The summed E-state index contributed by atoms with van der Waals surface area (Å²) in [5.74, 6) is 0.101. The SMILES string of the molecule is N#Cc1ccc(N2CCC(N3CC[C@H](O)C3)C2=O)cc1. The molecule has 2 saturated heterocycles. The van der Waals surface area contributed by atoms with Crippen LogP contribution in [0, 0.1) is 11.3 Å². The number of carbonyl (C=O) groups excluding carboxylic acids is 1. The topological polar surface area (TPSA) is 67.6 Å². The molecule has 2 fully saturated rings. The van der Waals surface area contributed by atoms with Gasteiger partial charge in [0.1, 0.15) is 0 Å². The van der Waals surface area contributed by atoms with Crippen molar-refractivity contribution in [2.24, 2.45) is 0 Å². The van der Waals surface area contributed by atoms with Crippen LogP contribution in [0.25, 0.3) is 0 Å². The van der Waals surface area contributed by atoms with Gasteiger partial charge in [0.2, 0.25) is 5.91 Å². The molecule has 1 unspecified atom stereocenters. The van der Waals surface area contributed by atoms with Gasteiger partial charge < -0.3 is 10.0 Å². The van der Waals surface area contributed by atoms with Gasteiger partial charge in [0, 0.05) is 25.3 Å². The molecule has 0 bridgehead atoms. The van der Waals surface area contributed by atoms with E-state index in [2.05, 4.69) is 11.0 Å². The monoisotopic (exact) mass is 271 g/mol. The van der Waals surface area contributed by atoms with E-state index in [4.69, 9.17) is 5.26 Å². The fraction of sp³-hybridized carbons (Fsp3) is 0.467. The largest absolute Gasteiger partial charge is 0.392 e. The Balaban J connectivity index is 1.73. The minimum atomic E-state index is -0.299. The summed E-state index contributed by atoms with van der Waals surface area (Å²) < 4.78 is 0. The number of benzene rings is 1. The second-order valence-electron chi connectivity index (χ2n) is 5.39. The molecule has 5 heteroatoms. The highest BCUT2D eigenvalue weighted by molar-refractivity contribution is 5.99. The predicted octanol–water partition coefficient (Wildman–Crippen LogP) is 0.730. The highest BCUT2D eigenvalue weighted by Gasteiger charge is 2.39. The fourth-order valence-corrected chi connectivity index (χ4v) is 3.03. The number of anilines is 1. The number of nitriles is 1. The Bertz CT molecular complexity index is 549. The van der Waals surface area contributed by atoms with Crippen molar-refractivity contribution in [3.63, 3.8) is 0 Å². The lowest BCUT2D eigenvalue weighted by Gasteiger charge is -2.23. The number of carbonyl (C=O) groups is 1. The van der Waals surface area contributed by atoms with Crippen molar-refractivity contribution in [2.45, 2.75) is 25.0 Å². The van der Waals surface area contributed by atoms with E-state index >= 15 is 0 Å². The summed E-state index contributed by atoms with van der Waals surface area (Å²) in [4.78, 5) is 16.3. The maximum absolute atomic E-state index is 12.5. The Labute approximate surface area is 118 Å². The van der Waals surface area contributed by atoms with Crippen LogP contribution in [0.2, 0.25) is 0 Å². The summed E-state index contributed by atoms with van der Waals surface area (Å²) in [6, 6.07) is 9.06. The quantitative estimate of drug-likeness (QED) is 0.861. The third kappa shape index (κ3) is 2.28. The lowest BCUT2D eigenvalue weighted by molar-refractivity contribution is -0.121. The molecule has 104 valence electrons. The van der Waals surface area contributed by atoms with Crippen molar-refractivity contribution in [3.8, 4) is 6.07 Å². The number of rotatable bonds is 2. The van der Waals surface area contributed by atoms with Gasteiger partial charge in [-0.1, -0.05) is 0 Å². The number of aliphatic hydroxyl groups excluding tert-OH is 1. The number of amides is 1. The first kappa shape index (κ1) is 13.1. The lowest BCUT2D eigenvalue weighted by Crippen LogP contribution is -2.41. The maximum Gasteiger partial charge on any atom is 0.244 e. The molecule has 0 aliphatic carbocycles. The normalized spacial score (nSPS) is 27.0. The summed E-state index contributed by atoms with van der Waals surface area (Å²) in [7, 11) is 0. The summed E-state index contributed by atoms with van der Waals surface area (Å²) in [5, 5.41) is 18.4. The van der Waals surface area contributed by atoms with E-state index in [0.29, 0.717) is 18.7 Å². The summed E-state index contributed by atoms with van der Waals surface area (Å²) in [5.41, 5.74) is 1.44. The Kier molecular flexibility index (Phi) is 3.43. The molecule has 1 amide bonds. The molecule has 3 rings (SSSR count). The van der Waals surface area contributed by atoms with Gasteiger partial charge >= 0.3 is 0 Å². The number of hydrogen-bond donors (Lipinski definition) is 1. The van der Waals surface area contributed by atoms with E-state index in [0.717, 1.165) is 25.1 Å². The third-order valence-corrected chi connectivity index (χ3v) is 4.12. The molecule has 0 radical (unpaired) electrons. The molecule has 0 spiro atoms. The van der Waals surface area contributed by atoms with E-state index in [1.165, 1.54) is 0 Å². The first-order chi connectivity index (χ1) is 9.69. The molecule has 20 heavy (non-hydrogen) atoms. The maximum atomic E-state index is 12.5. The van der Waals surface area contributed by atoms with Crippen molar-refractivity contribution in [1.29, 1.82) is 5.26 Å². The van der Waals surface area contributed by atoms with E-state index in [9.17, 15) is 9.90 Å². The van der Waals surface area contributed by atoms with Crippen LogP contribution in [0.4, 0.5) is 5.69 Å². The van der Waals surface area contributed by atoms with Gasteiger partial charge in [-0.15, -0.1) is 0 Å². The molecule has 5 nitrogen and oxygen atoms in total. The number of likely N-dealkylation sites (tertiary alicyclic amines) is 1. The molecular weight excluding hydrogens is 254 g/mol. The Morgan fingerprint density at radius 1 is 1.20 bits per heavy atom. The van der Waals surface area contributed by atoms with Crippen LogP contribution in [0.3, 0.4) is 0 Å². The molecule has 1 aromatic rings. The Hall–Kier alpha value is -1.90. The lowest BCUT2D eigenvalue weighted by atomic mass is 10.2. The fourth-order valence-electron chi connectivity index (χ4n) is 3.03. The minimum Gasteiger partial charge on any atom is -0.392 e.